The fourth-order valence-electron chi connectivity index (χ4n) is 4.64. The Balaban J connectivity index is 1.68. The number of halogens is 2. The van der Waals surface area contributed by atoms with Gasteiger partial charge in [-0.1, -0.05) is 20.3 Å². The van der Waals surface area contributed by atoms with E-state index in [4.69, 9.17) is 4.74 Å². The van der Waals surface area contributed by atoms with Crippen LogP contribution in [0.15, 0.2) is 30.5 Å². The fraction of sp³-hybridized carbons (Fsp3) is 0.481. The van der Waals surface area contributed by atoms with Crippen LogP contribution in [0, 0.1) is 23.5 Å². The molecule has 1 heterocycles. The summed E-state index contributed by atoms with van der Waals surface area (Å²) in [6.45, 7) is 5.33. The Morgan fingerprint density at radius 1 is 1.14 bits per heavy atom. The number of nitrogens with one attached hydrogen (secondary N) is 3. The molecule has 8 nitrogen and oxygen atoms in total. The van der Waals surface area contributed by atoms with Crippen molar-refractivity contribution in [3.8, 4) is 16.9 Å². The molecule has 1 saturated carbocycles. The molecule has 3 N–H and O–H groups in total. The van der Waals surface area contributed by atoms with Gasteiger partial charge in [0.1, 0.15) is 29.2 Å². The molecule has 3 atom stereocenters. The molecule has 1 aromatic heterocycles. The van der Waals surface area contributed by atoms with Gasteiger partial charge >= 0.3 is 0 Å². The maximum Gasteiger partial charge on any atom is 0.242 e. The van der Waals surface area contributed by atoms with Crippen LogP contribution >= 0.6 is 0 Å². The molecule has 200 valence electrons. The number of carbonyl (C=O) groups excluding carboxylic acids is 3. The molecule has 0 bridgehead atoms. The van der Waals surface area contributed by atoms with Gasteiger partial charge < -0.3 is 20.7 Å². The van der Waals surface area contributed by atoms with Gasteiger partial charge in [-0.15, -0.1) is 0 Å². The van der Waals surface area contributed by atoms with Crippen LogP contribution in [0.1, 0.15) is 52.9 Å². The van der Waals surface area contributed by atoms with E-state index in [1.54, 1.807) is 0 Å². The lowest BCUT2D eigenvalue weighted by atomic mass is 9.85. The van der Waals surface area contributed by atoms with E-state index < -0.39 is 17.7 Å². The molecule has 1 aromatic carbocycles. The van der Waals surface area contributed by atoms with Gasteiger partial charge in [-0.05, 0) is 49.8 Å². The first-order valence-electron chi connectivity index (χ1n) is 12.4. The number of amides is 3. The summed E-state index contributed by atoms with van der Waals surface area (Å²) in [6, 6.07) is 4.30. The Bertz CT molecular complexity index is 1140. The zero-order chi connectivity index (χ0) is 27.1. The van der Waals surface area contributed by atoms with Crippen LogP contribution in [0.2, 0.25) is 0 Å². The van der Waals surface area contributed by atoms with Crippen molar-refractivity contribution in [2.45, 2.75) is 65.0 Å². The first-order valence-corrected chi connectivity index (χ1v) is 12.4. The third-order valence-electron chi connectivity index (χ3n) is 6.35. The minimum absolute atomic E-state index is 0.116. The lowest BCUT2D eigenvalue weighted by molar-refractivity contribution is -0.129. The Kier molecular flexibility index (Phi) is 9.54. The Morgan fingerprint density at radius 3 is 2.57 bits per heavy atom. The molecule has 2 aromatic rings. The quantitative estimate of drug-likeness (QED) is 0.463. The number of benzene rings is 1. The smallest absolute Gasteiger partial charge is 0.242 e. The van der Waals surface area contributed by atoms with Crippen LogP contribution in [-0.4, -0.2) is 41.9 Å². The van der Waals surface area contributed by atoms with Gasteiger partial charge in [0.2, 0.25) is 17.7 Å². The number of anilines is 1. The molecular weight excluding hydrogens is 482 g/mol. The van der Waals surface area contributed by atoms with E-state index in [0.717, 1.165) is 25.1 Å². The summed E-state index contributed by atoms with van der Waals surface area (Å²) in [7, 11) is 1.36. The molecular formula is C27H34F2N4O4. The van der Waals surface area contributed by atoms with Crippen LogP contribution in [0.4, 0.5) is 14.6 Å². The summed E-state index contributed by atoms with van der Waals surface area (Å²) < 4.78 is 33.3. The highest BCUT2D eigenvalue weighted by Crippen LogP contribution is 2.34. The predicted octanol–water partition coefficient (Wildman–Crippen LogP) is 4.20. The molecule has 0 saturated heterocycles. The van der Waals surface area contributed by atoms with Crippen molar-refractivity contribution < 1.29 is 27.9 Å². The number of nitrogens with zero attached hydrogens (tertiary/aromatic N) is 1. The Morgan fingerprint density at radius 2 is 1.89 bits per heavy atom. The second-order valence-electron chi connectivity index (χ2n) is 9.83. The second-order valence-corrected chi connectivity index (χ2v) is 9.83. The van der Waals surface area contributed by atoms with Gasteiger partial charge in [0.25, 0.3) is 0 Å². The molecule has 10 heteroatoms. The van der Waals surface area contributed by atoms with Gasteiger partial charge in [0.15, 0.2) is 0 Å². The molecule has 0 aliphatic heterocycles. The Labute approximate surface area is 215 Å². The highest BCUT2D eigenvalue weighted by molar-refractivity contribution is 5.92. The number of pyridine rings is 1. The standard InChI is InChI=1S/C27H34F2N4O4/c1-15(2)10-23(31-16(3)34)27(36)32-19-7-5-6-17(11-19)26(35)33-25-13-21(22(29)14-30-25)20-9-8-18(28)12-24(20)37-4/h8-9,12-15,17,19,23H,5-7,10-11H2,1-4H3,(H,31,34)(H,32,36)(H,30,33,35)/t17-,19+,23+/m0/s1. The van der Waals surface area contributed by atoms with Gasteiger partial charge in [0.05, 0.1) is 13.3 Å². The first kappa shape index (κ1) is 28.0. The van der Waals surface area contributed by atoms with Crippen molar-refractivity contribution in [1.29, 1.82) is 0 Å². The van der Waals surface area contributed by atoms with Crippen molar-refractivity contribution in [2.75, 3.05) is 12.4 Å². The van der Waals surface area contributed by atoms with E-state index in [2.05, 4.69) is 20.9 Å². The van der Waals surface area contributed by atoms with E-state index >= 15 is 0 Å². The second kappa shape index (κ2) is 12.6. The number of ether oxygens (including phenoxy) is 1. The minimum Gasteiger partial charge on any atom is -0.496 e. The summed E-state index contributed by atoms with van der Waals surface area (Å²) >= 11 is 0. The van der Waals surface area contributed by atoms with Crippen LogP contribution in [-0.2, 0) is 14.4 Å². The van der Waals surface area contributed by atoms with Crippen molar-refractivity contribution in [3.63, 3.8) is 0 Å². The third kappa shape index (κ3) is 7.71. The molecule has 1 fully saturated rings. The van der Waals surface area contributed by atoms with Crippen molar-refractivity contribution >= 4 is 23.5 Å². The van der Waals surface area contributed by atoms with Crippen LogP contribution in [0.3, 0.4) is 0 Å². The van der Waals surface area contributed by atoms with Crippen molar-refractivity contribution in [3.05, 3.63) is 42.1 Å². The van der Waals surface area contributed by atoms with Crippen LogP contribution in [0.5, 0.6) is 5.75 Å². The zero-order valence-electron chi connectivity index (χ0n) is 21.6. The third-order valence-corrected chi connectivity index (χ3v) is 6.35. The van der Waals surface area contributed by atoms with E-state index in [9.17, 15) is 23.2 Å². The van der Waals surface area contributed by atoms with Crippen molar-refractivity contribution in [2.24, 2.45) is 11.8 Å². The first-order chi connectivity index (χ1) is 17.6. The Hall–Kier alpha value is -3.56. The van der Waals surface area contributed by atoms with E-state index in [1.165, 1.54) is 32.2 Å². The lowest BCUT2D eigenvalue weighted by Crippen LogP contribution is -2.51. The fourth-order valence-corrected chi connectivity index (χ4v) is 4.64. The number of carbonyl (C=O) groups is 3. The summed E-state index contributed by atoms with van der Waals surface area (Å²) in [5.74, 6) is -1.82. The molecule has 1 aliphatic rings. The summed E-state index contributed by atoms with van der Waals surface area (Å²) in [6.07, 6.45) is 4.05. The average molecular weight is 517 g/mol. The zero-order valence-corrected chi connectivity index (χ0v) is 21.6. The molecule has 0 radical (unpaired) electrons. The van der Waals surface area contributed by atoms with Gasteiger partial charge in [-0.3, -0.25) is 14.4 Å². The summed E-state index contributed by atoms with van der Waals surface area (Å²) in [4.78, 5) is 41.4. The van der Waals surface area contributed by atoms with Gasteiger partial charge in [0, 0.05) is 36.1 Å². The average Bonchev–Trinajstić information content (AvgIpc) is 2.84. The topological polar surface area (TPSA) is 109 Å². The summed E-state index contributed by atoms with van der Waals surface area (Å²) in [5.41, 5.74) is 0.444. The molecule has 1 aliphatic carbocycles. The van der Waals surface area contributed by atoms with Crippen LogP contribution < -0.4 is 20.7 Å². The largest absolute Gasteiger partial charge is 0.496 e. The molecule has 37 heavy (non-hydrogen) atoms. The van der Waals surface area contributed by atoms with E-state index in [1.807, 2.05) is 13.8 Å². The van der Waals surface area contributed by atoms with Crippen molar-refractivity contribution in [1.82, 2.24) is 15.6 Å². The highest BCUT2D eigenvalue weighted by atomic mass is 19.1. The highest BCUT2D eigenvalue weighted by Gasteiger charge is 2.30. The number of rotatable bonds is 9. The van der Waals surface area contributed by atoms with E-state index in [0.29, 0.717) is 24.8 Å². The molecule has 0 spiro atoms. The maximum atomic E-state index is 14.6. The lowest BCUT2D eigenvalue weighted by Gasteiger charge is -2.30. The summed E-state index contributed by atoms with van der Waals surface area (Å²) in [5, 5.41) is 8.44. The molecule has 3 rings (SSSR count). The predicted molar refractivity (Wildman–Crippen MR) is 136 cm³/mol. The number of aromatic nitrogens is 1. The number of hydrogen-bond donors (Lipinski definition) is 3. The van der Waals surface area contributed by atoms with Gasteiger partial charge in [-0.25, -0.2) is 13.8 Å². The molecule has 0 unspecified atom stereocenters. The SMILES string of the molecule is COc1cc(F)ccc1-c1cc(NC(=O)[C@H]2CCC[C@@H](NC(=O)[C@@H](CC(C)C)NC(C)=O)C2)ncc1F. The van der Waals surface area contributed by atoms with Crippen LogP contribution in [0.25, 0.3) is 11.1 Å². The molecule has 3 amide bonds. The number of hydrogen-bond acceptors (Lipinski definition) is 5. The van der Waals surface area contributed by atoms with E-state index in [-0.39, 0.29) is 52.7 Å². The van der Waals surface area contributed by atoms with Gasteiger partial charge in [-0.2, -0.15) is 0 Å². The monoisotopic (exact) mass is 516 g/mol. The maximum absolute atomic E-state index is 14.6. The normalized spacial score (nSPS) is 18.1. The number of methoxy groups -OCH3 is 1. The minimum atomic E-state index is -0.640.